The van der Waals surface area contributed by atoms with Gasteiger partial charge in [0.1, 0.15) is 0 Å². The fraction of sp³-hybridized carbons (Fsp3) is 0.400. The molecule has 1 aromatic rings. The van der Waals surface area contributed by atoms with Crippen LogP contribution < -0.4 is 4.90 Å². The third kappa shape index (κ3) is 5.07. The highest BCUT2D eigenvalue weighted by Crippen LogP contribution is 2.26. The highest BCUT2D eigenvalue weighted by molar-refractivity contribution is 9.10. The van der Waals surface area contributed by atoms with Gasteiger partial charge in [-0.3, -0.25) is 0 Å². The maximum absolute atomic E-state index is 10.7. The molecule has 0 saturated heterocycles. The molecule has 19 heavy (non-hydrogen) atoms. The standard InChI is InChI=1S/C15H20BrNO2/c1-3-5-10-17(4-2)14-11-13(16)8-6-12(14)7-9-15(18)19/h6-9,11H,3-5,10H2,1-2H3,(H,18,19)/b9-7+. The molecule has 0 fully saturated rings. The molecule has 0 heterocycles. The minimum Gasteiger partial charge on any atom is -0.478 e. The van der Waals surface area contributed by atoms with E-state index in [1.165, 1.54) is 6.08 Å². The van der Waals surface area contributed by atoms with Gasteiger partial charge in [-0.25, -0.2) is 4.79 Å². The minimum atomic E-state index is -0.925. The van der Waals surface area contributed by atoms with E-state index >= 15 is 0 Å². The number of rotatable bonds is 7. The molecule has 0 saturated carbocycles. The first-order valence-corrected chi connectivity index (χ1v) is 7.33. The number of benzene rings is 1. The SMILES string of the molecule is CCCCN(CC)c1cc(Br)ccc1/C=C/C(=O)O. The van der Waals surface area contributed by atoms with Crippen LogP contribution in [0.5, 0.6) is 0 Å². The highest BCUT2D eigenvalue weighted by atomic mass is 79.9. The first kappa shape index (κ1) is 15.8. The molecule has 4 heteroatoms. The van der Waals surface area contributed by atoms with E-state index in [1.54, 1.807) is 6.08 Å². The summed E-state index contributed by atoms with van der Waals surface area (Å²) < 4.78 is 1.00. The molecule has 0 atom stereocenters. The van der Waals surface area contributed by atoms with E-state index in [-0.39, 0.29) is 0 Å². The Morgan fingerprint density at radius 2 is 2.16 bits per heavy atom. The van der Waals surface area contributed by atoms with Crippen LogP contribution in [0.4, 0.5) is 5.69 Å². The monoisotopic (exact) mass is 325 g/mol. The average molecular weight is 326 g/mol. The molecule has 0 bridgehead atoms. The summed E-state index contributed by atoms with van der Waals surface area (Å²) in [6.07, 6.45) is 5.10. The predicted octanol–water partition coefficient (Wildman–Crippen LogP) is 4.17. The summed E-state index contributed by atoms with van der Waals surface area (Å²) in [4.78, 5) is 12.9. The van der Waals surface area contributed by atoms with Crippen LogP contribution in [0.15, 0.2) is 28.7 Å². The number of carbonyl (C=O) groups is 1. The fourth-order valence-electron chi connectivity index (χ4n) is 1.89. The molecule has 0 aliphatic heterocycles. The Morgan fingerprint density at radius 3 is 2.74 bits per heavy atom. The number of hydrogen-bond acceptors (Lipinski definition) is 2. The number of unbranched alkanes of at least 4 members (excludes halogenated alkanes) is 1. The predicted molar refractivity (Wildman–Crippen MR) is 83.6 cm³/mol. The Hall–Kier alpha value is -1.29. The minimum absolute atomic E-state index is 0.907. The van der Waals surface area contributed by atoms with Crippen LogP contribution in [-0.4, -0.2) is 24.2 Å². The van der Waals surface area contributed by atoms with E-state index in [2.05, 4.69) is 34.7 Å². The zero-order chi connectivity index (χ0) is 14.3. The van der Waals surface area contributed by atoms with Gasteiger partial charge in [-0.05, 0) is 37.1 Å². The number of aliphatic carboxylic acids is 1. The lowest BCUT2D eigenvalue weighted by Gasteiger charge is -2.25. The molecule has 1 N–H and O–H groups in total. The first-order chi connectivity index (χ1) is 9.08. The van der Waals surface area contributed by atoms with Crippen LogP contribution in [0.3, 0.4) is 0 Å². The van der Waals surface area contributed by atoms with E-state index < -0.39 is 5.97 Å². The number of carboxylic acid groups (broad SMARTS) is 1. The highest BCUT2D eigenvalue weighted by Gasteiger charge is 2.08. The summed E-state index contributed by atoms with van der Waals surface area (Å²) in [5, 5.41) is 8.75. The van der Waals surface area contributed by atoms with Gasteiger partial charge in [0, 0.05) is 29.3 Å². The Bertz CT molecular complexity index is 457. The van der Waals surface area contributed by atoms with Crippen LogP contribution in [0.25, 0.3) is 6.08 Å². The maximum Gasteiger partial charge on any atom is 0.328 e. The van der Waals surface area contributed by atoms with Gasteiger partial charge in [0.05, 0.1) is 0 Å². The van der Waals surface area contributed by atoms with Gasteiger partial charge < -0.3 is 10.0 Å². The van der Waals surface area contributed by atoms with Gasteiger partial charge in [0.2, 0.25) is 0 Å². The van der Waals surface area contributed by atoms with Gasteiger partial charge in [-0.2, -0.15) is 0 Å². The summed E-state index contributed by atoms with van der Waals surface area (Å²) in [6, 6.07) is 5.91. The molecule has 0 aliphatic carbocycles. The largest absolute Gasteiger partial charge is 0.478 e. The topological polar surface area (TPSA) is 40.5 Å². The van der Waals surface area contributed by atoms with Crippen molar-refractivity contribution < 1.29 is 9.90 Å². The van der Waals surface area contributed by atoms with Crippen molar-refractivity contribution in [1.29, 1.82) is 0 Å². The Balaban J connectivity index is 3.07. The lowest BCUT2D eigenvalue weighted by molar-refractivity contribution is -0.131. The second-order valence-electron chi connectivity index (χ2n) is 4.31. The molecule has 104 valence electrons. The van der Waals surface area contributed by atoms with Gasteiger partial charge in [0.25, 0.3) is 0 Å². The smallest absolute Gasteiger partial charge is 0.328 e. The second-order valence-corrected chi connectivity index (χ2v) is 5.22. The molecular formula is C15H20BrNO2. The molecule has 0 aromatic heterocycles. The zero-order valence-corrected chi connectivity index (χ0v) is 13.0. The van der Waals surface area contributed by atoms with Gasteiger partial charge in [-0.1, -0.05) is 35.3 Å². The van der Waals surface area contributed by atoms with E-state index in [1.807, 2.05) is 18.2 Å². The number of anilines is 1. The Labute approximate surface area is 123 Å². The number of hydrogen-bond donors (Lipinski definition) is 1. The summed E-state index contributed by atoms with van der Waals surface area (Å²) in [7, 11) is 0. The Morgan fingerprint density at radius 1 is 1.42 bits per heavy atom. The summed E-state index contributed by atoms with van der Waals surface area (Å²) in [6.45, 7) is 6.17. The van der Waals surface area contributed by atoms with Crippen LogP contribution in [0.1, 0.15) is 32.3 Å². The van der Waals surface area contributed by atoms with Crippen molar-refractivity contribution in [3.63, 3.8) is 0 Å². The molecule has 3 nitrogen and oxygen atoms in total. The molecule has 1 aromatic carbocycles. The van der Waals surface area contributed by atoms with E-state index in [4.69, 9.17) is 5.11 Å². The molecule has 0 aliphatic rings. The maximum atomic E-state index is 10.7. The molecular weight excluding hydrogens is 306 g/mol. The van der Waals surface area contributed by atoms with E-state index in [0.717, 1.165) is 41.7 Å². The van der Waals surface area contributed by atoms with Crippen molar-refractivity contribution >= 4 is 33.7 Å². The second kappa shape index (κ2) is 8.00. The third-order valence-electron chi connectivity index (χ3n) is 2.90. The summed E-state index contributed by atoms with van der Waals surface area (Å²) >= 11 is 3.47. The van der Waals surface area contributed by atoms with Crippen LogP contribution >= 0.6 is 15.9 Å². The van der Waals surface area contributed by atoms with Crippen molar-refractivity contribution in [2.45, 2.75) is 26.7 Å². The quantitative estimate of drug-likeness (QED) is 0.765. The lowest BCUT2D eigenvalue weighted by Crippen LogP contribution is -2.24. The van der Waals surface area contributed by atoms with E-state index in [9.17, 15) is 4.79 Å². The van der Waals surface area contributed by atoms with Gasteiger partial charge >= 0.3 is 5.97 Å². The average Bonchev–Trinajstić information content (AvgIpc) is 2.38. The molecule has 0 radical (unpaired) electrons. The summed E-state index contributed by atoms with van der Waals surface area (Å²) in [5.41, 5.74) is 2.01. The van der Waals surface area contributed by atoms with Crippen molar-refractivity contribution in [3.8, 4) is 0 Å². The molecule has 0 spiro atoms. The number of carboxylic acids is 1. The van der Waals surface area contributed by atoms with Crippen molar-refractivity contribution in [3.05, 3.63) is 34.3 Å². The van der Waals surface area contributed by atoms with Gasteiger partial charge in [-0.15, -0.1) is 0 Å². The van der Waals surface area contributed by atoms with Gasteiger partial charge in [0.15, 0.2) is 0 Å². The molecule has 0 unspecified atom stereocenters. The van der Waals surface area contributed by atoms with Crippen LogP contribution in [0, 0.1) is 0 Å². The molecule has 1 rings (SSSR count). The normalized spacial score (nSPS) is 10.9. The Kier molecular flexibility index (Phi) is 6.64. The fourth-order valence-corrected chi connectivity index (χ4v) is 2.24. The number of nitrogens with zero attached hydrogens (tertiary/aromatic N) is 1. The lowest BCUT2D eigenvalue weighted by atomic mass is 10.1. The van der Waals surface area contributed by atoms with Crippen LogP contribution in [0.2, 0.25) is 0 Å². The zero-order valence-electron chi connectivity index (χ0n) is 11.4. The van der Waals surface area contributed by atoms with Crippen molar-refractivity contribution in [2.24, 2.45) is 0 Å². The van der Waals surface area contributed by atoms with E-state index in [0.29, 0.717) is 0 Å². The third-order valence-corrected chi connectivity index (χ3v) is 3.40. The number of halogens is 1. The van der Waals surface area contributed by atoms with Crippen molar-refractivity contribution in [1.82, 2.24) is 0 Å². The summed E-state index contributed by atoms with van der Waals surface area (Å²) in [5.74, 6) is -0.925. The van der Waals surface area contributed by atoms with Crippen molar-refractivity contribution in [2.75, 3.05) is 18.0 Å². The van der Waals surface area contributed by atoms with Crippen LogP contribution in [-0.2, 0) is 4.79 Å². The first-order valence-electron chi connectivity index (χ1n) is 6.54. The molecule has 0 amide bonds.